The van der Waals surface area contributed by atoms with Crippen LogP contribution in [0.3, 0.4) is 0 Å². The maximum atomic E-state index is 13.4. The molecule has 0 amide bonds. The van der Waals surface area contributed by atoms with Gasteiger partial charge in [-0.05, 0) is 54.7 Å². The second-order valence-corrected chi connectivity index (χ2v) is 7.94. The predicted octanol–water partition coefficient (Wildman–Crippen LogP) is 5.22. The highest BCUT2D eigenvalue weighted by Gasteiger charge is 2.37. The Morgan fingerprint density at radius 3 is 2.48 bits per heavy atom. The van der Waals surface area contributed by atoms with E-state index in [9.17, 15) is 9.18 Å². The summed E-state index contributed by atoms with van der Waals surface area (Å²) in [6.45, 7) is 6.19. The monoisotopic (exact) mass is 363 g/mol. The number of benzene rings is 2. The number of carbonyl (C=O) groups excluding carboxylic acids is 1. The standard InChI is InChI=1S/C22H22FN3O/c1-14-6-4-5-7-17(14)24-21-20-18(12-22(2,3)13-19(20)27)26(25-21)16-10-8-15(23)9-11-16/h4-11H,12-13H2,1-3H3,(H,24,25). The third-order valence-corrected chi connectivity index (χ3v) is 5.01. The Labute approximate surface area is 158 Å². The first-order valence-electron chi connectivity index (χ1n) is 9.08. The van der Waals surface area contributed by atoms with E-state index in [0.717, 1.165) is 29.1 Å². The van der Waals surface area contributed by atoms with Gasteiger partial charge in [0, 0.05) is 12.1 Å². The molecule has 0 aliphatic heterocycles. The van der Waals surface area contributed by atoms with Gasteiger partial charge in [-0.2, -0.15) is 0 Å². The molecule has 0 fully saturated rings. The van der Waals surface area contributed by atoms with E-state index in [1.165, 1.54) is 12.1 Å². The Balaban J connectivity index is 1.86. The highest BCUT2D eigenvalue weighted by Crippen LogP contribution is 2.39. The number of rotatable bonds is 3. The minimum Gasteiger partial charge on any atom is -0.338 e. The lowest BCUT2D eigenvalue weighted by molar-refractivity contribution is 0.0912. The van der Waals surface area contributed by atoms with Gasteiger partial charge in [0.25, 0.3) is 0 Å². The van der Waals surface area contributed by atoms with E-state index in [0.29, 0.717) is 17.8 Å². The van der Waals surface area contributed by atoms with E-state index in [2.05, 4.69) is 19.2 Å². The summed E-state index contributed by atoms with van der Waals surface area (Å²) in [7, 11) is 0. The first-order valence-corrected chi connectivity index (χ1v) is 9.08. The van der Waals surface area contributed by atoms with Crippen LogP contribution in [0.15, 0.2) is 48.5 Å². The largest absolute Gasteiger partial charge is 0.338 e. The summed E-state index contributed by atoms with van der Waals surface area (Å²) in [5.41, 5.74) is 4.12. The molecule has 4 rings (SSSR count). The molecule has 0 spiro atoms. The van der Waals surface area contributed by atoms with E-state index < -0.39 is 0 Å². The lowest BCUT2D eigenvalue weighted by Gasteiger charge is -2.29. The topological polar surface area (TPSA) is 46.9 Å². The molecule has 1 aliphatic rings. The van der Waals surface area contributed by atoms with E-state index in [-0.39, 0.29) is 17.0 Å². The summed E-state index contributed by atoms with van der Waals surface area (Å²) in [5, 5.41) is 8.04. The number of para-hydroxylation sites is 1. The lowest BCUT2D eigenvalue weighted by Crippen LogP contribution is -2.28. The Kier molecular flexibility index (Phi) is 4.10. The van der Waals surface area contributed by atoms with Gasteiger partial charge >= 0.3 is 0 Å². The minimum absolute atomic E-state index is 0.0886. The molecule has 1 N–H and O–H groups in total. The van der Waals surface area contributed by atoms with Crippen molar-refractivity contribution in [2.75, 3.05) is 5.32 Å². The Morgan fingerprint density at radius 1 is 1.07 bits per heavy atom. The molecular formula is C22H22FN3O. The van der Waals surface area contributed by atoms with E-state index in [4.69, 9.17) is 5.10 Å². The number of aryl methyl sites for hydroxylation is 1. The molecule has 0 radical (unpaired) electrons. The summed E-state index contributed by atoms with van der Waals surface area (Å²) >= 11 is 0. The van der Waals surface area contributed by atoms with Crippen LogP contribution in [-0.4, -0.2) is 15.6 Å². The fourth-order valence-corrected chi connectivity index (χ4v) is 3.67. The van der Waals surface area contributed by atoms with Crippen molar-refractivity contribution in [2.45, 2.75) is 33.6 Å². The van der Waals surface area contributed by atoms with E-state index in [1.54, 1.807) is 16.8 Å². The number of hydrogen-bond acceptors (Lipinski definition) is 3. The maximum Gasteiger partial charge on any atom is 0.169 e. The molecule has 3 aromatic rings. The van der Waals surface area contributed by atoms with Crippen LogP contribution in [0.5, 0.6) is 0 Å². The van der Waals surface area contributed by atoms with Crippen molar-refractivity contribution in [3.63, 3.8) is 0 Å². The molecule has 0 bridgehead atoms. The Bertz CT molecular complexity index is 1020. The molecular weight excluding hydrogens is 341 g/mol. The van der Waals surface area contributed by atoms with Crippen LogP contribution in [0.2, 0.25) is 0 Å². The Hall–Kier alpha value is -2.95. The van der Waals surface area contributed by atoms with Crippen molar-refractivity contribution < 1.29 is 9.18 Å². The molecule has 5 heteroatoms. The lowest BCUT2D eigenvalue weighted by atomic mass is 9.76. The molecule has 4 nitrogen and oxygen atoms in total. The first-order chi connectivity index (χ1) is 12.8. The van der Waals surface area contributed by atoms with Gasteiger partial charge in [0.05, 0.1) is 16.9 Å². The van der Waals surface area contributed by atoms with Crippen molar-refractivity contribution in [1.29, 1.82) is 0 Å². The zero-order chi connectivity index (χ0) is 19.2. The maximum absolute atomic E-state index is 13.4. The third kappa shape index (κ3) is 3.25. The van der Waals surface area contributed by atoms with Gasteiger partial charge in [-0.25, -0.2) is 9.07 Å². The molecule has 1 heterocycles. The van der Waals surface area contributed by atoms with Crippen LogP contribution >= 0.6 is 0 Å². The summed E-state index contributed by atoms with van der Waals surface area (Å²) in [4.78, 5) is 12.9. The molecule has 138 valence electrons. The number of hydrogen-bond donors (Lipinski definition) is 1. The molecule has 1 aromatic heterocycles. The molecule has 0 atom stereocenters. The number of anilines is 2. The van der Waals surface area contributed by atoms with Crippen LogP contribution in [0.1, 0.15) is 41.9 Å². The van der Waals surface area contributed by atoms with Gasteiger partial charge in [-0.1, -0.05) is 32.0 Å². The van der Waals surface area contributed by atoms with E-state index in [1.807, 2.05) is 31.2 Å². The third-order valence-electron chi connectivity index (χ3n) is 5.01. The SMILES string of the molecule is Cc1ccccc1Nc1nn(-c2ccc(F)cc2)c2c1C(=O)CC(C)(C)C2. The number of nitrogens with one attached hydrogen (secondary N) is 1. The fraction of sp³-hybridized carbons (Fsp3) is 0.273. The van der Waals surface area contributed by atoms with Crippen molar-refractivity contribution >= 4 is 17.3 Å². The van der Waals surface area contributed by atoms with Crippen LogP contribution in [-0.2, 0) is 6.42 Å². The fourth-order valence-electron chi connectivity index (χ4n) is 3.67. The van der Waals surface area contributed by atoms with Crippen LogP contribution in [0, 0.1) is 18.2 Å². The van der Waals surface area contributed by atoms with Crippen molar-refractivity contribution in [1.82, 2.24) is 9.78 Å². The molecule has 0 saturated carbocycles. The van der Waals surface area contributed by atoms with Gasteiger partial charge in [0.1, 0.15) is 5.82 Å². The molecule has 0 saturated heterocycles. The van der Waals surface area contributed by atoms with Gasteiger partial charge in [-0.15, -0.1) is 5.10 Å². The summed E-state index contributed by atoms with van der Waals surface area (Å²) in [6.07, 6.45) is 1.21. The van der Waals surface area contributed by atoms with Crippen molar-refractivity contribution in [2.24, 2.45) is 5.41 Å². The van der Waals surface area contributed by atoms with Crippen molar-refractivity contribution in [3.8, 4) is 5.69 Å². The first kappa shape index (κ1) is 17.5. The van der Waals surface area contributed by atoms with Gasteiger partial charge in [-0.3, -0.25) is 4.79 Å². The van der Waals surface area contributed by atoms with Gasteiger partial charge in [0.15, 0.2) is 11.6 Å². The van der Waals surface area contributed by atoms with E-state index >= 15 is 0 Å². The van der Waals surface area contributed by atoms with Crippen LogP contribution in [0.25, 0.3) is 5.69 Å². The highest BCUT2D eigenvalue weighted by molar-refractivity contribution is 6.03. The highest BCUT2D eigenvalue weighted by atomic mass is 19.1. The zero-order valence-corrected chi connectivity index (χ0v) is 15.7. The van der Waals surface area contributed by atoms with Gasteiger partial charge in [0.2, 0.25) is 0 Å². The minimum atomic E-state index is -0.297. The number of ketones is 1. The average Bonchev–Trinajstić information content (AvgIpc) is 2.95. The Morgan fingerprint density at radius 2 is 1.78 bits per heavy atom. The summed E-state index contributed by atoms with van der Waals surface area (Å²) in [5.74, 6) is 0.351. The second kappa shape index (κ2) is 6.34. The number of Topliss-reactive ketones (excluding diaryl/α,β-unsaturated/α-hetero) is 1. The number of fused-ring (bicyclic) bond motifs is 1. The van der Waals surface area contributed by atoms with Crippen LogP contribution < -0.4 is 5.32 Å². The predicted molar refractivity (Wildman–Crippen MR) is 104 cm³/mol. The number of carbonyl (C=O) groups is 1. The smallest absolute Gasteiger partial charge is 0.169 e. The van der Waals surface area contributed by atoms with Gasteiger partial charge < -0.3 is 5.32 Å². The average molecular weight is 363 g/mol. The van der Waals surface area contributed by atoms with Crippen LogP contribution in [0.4, 0.5) is 15.9 Å². The quantitative estimate of drug-likeness (QED) is 0.694. The second-order valence-electron chi connectivity index (χ2n) is 7.94. The zero-order valence-electron chi connectivity index (χ0n) is 15.7. The number of nitrogens with zero attached hydrogens (tertiary/aromatic N) is 2. The molecule has 27 heavy (non-hydrogen) atoms. The number of halogens is 1. The number of aromatic nitrogens is 2. The normalized spacial score (nSPS) is 15.5. The molecule has 2 aromatic carbocycles. The summed E-state index contributed by atoms with van der Waals surface area (Å²) in [6, 6.07) is 14.1. The van der Waals surface area contributed by atoms with Crippen molar-refractivity contribution in [3.05, 3.63) is 71.2 Å². The summed E-state index contributed by atoms with van der Waals surface area (Å²) < 4.78 is 15.1. The molecule has 0 unspecified atom stereocenters. The molecule has 1 aliphatic carbocycles.